The van der Waals surface area contributed by atoms with Crippen molar-refractivity contribution in [2.45, 2.75) is 0 Å². The number of hydrogen-bond acceptors (Lipinski definition) is 2. The number of nitrogens with zero attached hydrogens (tertiary/aromatic N) is 1. The first kappa shape index (κ1) is 13.3. The van der Waals surface area contributed by atoms with E-state index >= 15 is 0 Å². The normalized spacial score (nSPS) is 13.6. The molecule has 0 aromatic heterocycles. The van der Waals surface area contributed by atoms with E-state index in [1.807, 2.05) is 58.7 Å². The molecule has 0 saturated carbocycles. The minimum Gasteiger partial charge on any atom is -0.754 e. The maximum atomic E-state index is 12.2. The fraction of sp³-hybridized carbons (Fsp3) is 0. The lowest BCUT2D eigenvalue weighted by Crippen LogP contribution is -2.12. The highest BCUT2D eigenvalue weighted by atomic mass is 127. The van der Waals surface area contributed by atoms with Crippen LogP contribution in [0.2, 0.25) is 0 Å². The summed E-state index contributed by atoms with van der Waals surface area (Å²) < 4.78 is 4.17. The molecule has 0 fully saturated rings. The minimum atomic E-state index is -0.110. The maximum absolute atomic E-state index is 12.2. The van der Waals surface area contributed by atoms with Gasteiger partial charge in [0.2, 0.25) is 0 Å². The van der Waals surface area contributed by atoms with Crippen LogP contribution in [-0.4, -0.2) is 4.01 Å². The quantitative estimate of drug-likeness (QED) is 0.568. The summed E-state index contributed by atoms with van der Waals surface area (Å²) in [6.07, 6.45) is 3.83. The highest BCUT2D eigenvalue weighted by Crippen LogP contribution is 2.26. The lowest BCUT2D eigenvalue weighted by Gasteiger charge is -2.32. The molecule has 3 rings (SSSR count). The molecule has 1 aliphatic heterocycles. The average Bonchev–Trinajstić information content (AvgIpc) is 2.56. The summed E-state index contributed by atoms with van der Waals surface area (Å²) in [7, 11) is 0. The average molecular weight is 374 g/mol. The molecule has 2 aromatic rings. The lowest BCUT2D eigenvalue weighted by atomic mass is 10.1. The number of benzene rings is 2. The van der Waals surface area contributed by atoms with E-state index in [1.165, 1.54) is 0 Å². The Morgan fingerprint density at radius 3 is 2.20 bits per heavy atom. The Labute approximate surface area is 128 Å². The summed E-state index contributed by atoms with van der Waals surface area (Å²) >= 11 is -0.110. The second kappa shape index (κ2) is 6.15. The van der Waals surface area contributed by atoms with Crippen LogP contribution in [0.15, 0.2) is 76.5 Å². The van der Waals surface area contributed by atoms with Crippen molar-refractivity contribution in [3.63, 3.8) is 0 Å². The van der Waals surface area contributed by atoms with Gasteiger partial charge in [0.15, 0.2) is 0 Å². The molecule has 20 heavy (non-hydrogen) atoms. The molecule has 0 amide bonds. The zero-order valence-corrected chi connectivity index (χ0v) is 12.9. The Morgan fingerprint density at radius 1 is 0.850 bits per heavy atom. The summed E-state index contributed by atoms with van der Waals surface area (Å²) in [5.41, 5.74) is 3.70. The Balaban J connectivity index is 1.85. The molecule has 1 aliphatic rings. The third kappa shape index (κ3) is 2.89. The lowest BCUT2D eigenvalue weighted by molar-refractivity contribution is 1.23. The van der Waals surface area contributed by atoms with E-state index in [1.54, 1.807) is 0 Å². The zero-order valence-electron chi connectivity index (χ0n) is 10.7. The van der Waals surface area contributed by atoms with Gasteiger partial charge in [-0.15, -0.1) is 0 Å². The van der Waals surface area contributed by atoms with E-state index in [9.17, 15) is 5.21 Å². The first-order valence-electron chi connectivity index (χ1n) is 6.29. The van der Waals surface area contributed by atoms with Gasteiger partial charge in [-0.3, -0.25) is 0 Å². The maximum Gasteiger partial charge on any atom is 0.0361 e. The number of hydroxylamine groups is 1. The first-order valence-corrected chi connectivity index (χ1v) is 8.78. The highest BCUT2D eigenvalue weighted by molar-refractivity contribution is 14.2. The van der Waals surface area contributed by atoms with Crippen molar-refractivity contribution < 1.29 is 0 Å². The fourth-order valence-electron chi connectivity index (χ4n) is 2.00. The molecular formula is C17H13INO-. The van der Waals surface area contributed by atoms with E-state index in [2.05, 4.69) is 16.1 Å². The van der Waals surface area contributed by atoms with Crippen molar-refractivity contribution in [1.29, 1.82) is 0 Å². The molecule has 0 radical (unpaired) electrons. The van der Waals surface area contributed by atoms with Crippen molar-refractivity contribution in [3.05, 3.63) is 81.7 Å². The van der Waals surface area contributed by atoms with Crippen molar-refractivity contribution in [2.24, 2.45) is 0 Å². The van der Waals surface area contributed by atoms with Gasteiger partial charge < -0.3 is 10.3 Å². The molecule has 0 spiro atoms. The standard InChI is InChI=1S/C17H13INO/c20-19(17-7-4-12-18-13-17)16-10-8-15(9-11-16)14-5-2-1-3-6-14/h1-13H/q-1. The second-order valence-corrected chi connectivity index (χ2v) is 6.41. The van der Waals surface area contributed by atoms with Crippen LogP contribution in [0.1, 0.15) is 0 Å². The number of halogens is 1. The summed E-state index contributed by atoms with van der Waals surface area (Å²) in [5.74, 6) is 0. The SMILES string of the molecule is [O-]N(C1=CI=CC=C1)c1ccc(-c2ccccc2)cc1. The predicted octanol–water partition coefficient (Wildman–Crippen LogP) is 4.84. The number of hydrogen-bond donors (Lipinski definition) is 0. The highest BCUT2D eigenvalue weighted by Gasteiger charge is 2.02. The van der Waals surface area contributed by atoms with Crippen LogP contribution in [0.3, 0.4) is 0 Å². The van der Waals surface area contributed by atoms with E-state index in [0.29, 0.717) is 5.69 Å². The monoisotopic (exact) mass is 374 g/mol. The molecule has 0 aliphatic carbocycles. The predicted molar refractivity (Wildman–Crippen MR) is 95.0 cm³/mol. The third-order valence-electron chi connectivity index (χ3n) is 3.03. The zero-order chi connectivity index (χ0) is 13.8. The van der Waals surface area contributed by atoms with Crippen LogP contribution >= 0.6 is 20.7 Å². The van der Waals surface area contributed by atoms with Crippen molar-refractivity contribution in [2.75, 3.05) is 5.06 Å². The summed E-state index contributed by atoms with van der Waals surface area (Å²) in [6, 6.07) is 17.9. The van der Waals surface area contributed by atoms with Crippen LogP contribution in [0, 0.1) is 5.21 Å². The number of anilines is 1. The van der Waals surface area contributed by atoms with Gasteiger partial charge in [-0.1, -0.05) is 69.3 Å². The van der Waals surface area contributed by atoms with Crippen LogP contribution in [0.25, 0.3) is 11.1 Å². The summed E-state index contributed by atoms with van der Waals surface area (Å²) in [4.78, 5) is 0. The fourth-order valence-corrected chi connectivity index (χ4v) is 3.48. The molecule has 0 saturated heterocycles. The topological polar surface area (TPSA) is 26.3 Å². The van der Waals surface area contributed by atoms with E-state index in [0.717, 1.165) is 21.9 Å². The van der Waals surface area contributed by atoms with Gasteiger partial charge in [0.25, 0.3) is 0 Å². The largest absolute Gasteiger partial charge is 0.754 e. The Bertz CT molecular complexity index is 672. The van der Waals surface area contributed by atoms with Crippen molar-refractivity contribution in [3.8, 4) is 11.1 Å². The second-order valence-electron chi connectivity index (χ2n) is 4.35. The minimum absolute atomic E-state index is 0.110. The molecule has 0 bridgehead atoms. The van der Waals surface area contributed by atoms with Crippen LogP contribution in [0.4, 0.5) is 5.69 Å². The molecule has 1 heterocycles. The van der Waals surface area contributed by atoms with Crippen molar-refractivity contribution in [1.82, 2.24) is 0 Å². The Kier molecular flexibility index (Phi) is 4.08. The van der Waals surface area contributed by atoms with Crippen LogP contribution in [-0.2, 0) is 0 Å². The van der Waals surface area contributed by atoms with Gasteiger partial charge in [-0.25, -0.2) is 0 Å². The molecule has 100 valence electrons. The molecular weight excluding hydrogens is 361 g/mol. The molecule has 0 unspecified atom stereocenters. The smallest absolute Gasteiger partial charge is 0.0361 e. The van der Waals surface area contributed by atoms with Gasteiger partial charge in [-0.05, 0) is 37.4 Å². The molecule has 3 heteroatoms. The van der Waals surface area contributed by atoms with Crippen LogP contribution < -0.4 is 5.06 Å². The third-order valence-corrected chi connectivity index (χ3v) is 4.86. The number of rotatable bonds is 3. The van der Waals surface area contributed by atoms with E-state index < -0.39 is 0 Å². The van der Waals surface area contributed by atoms with Gasteiger partial charge in [0.1, 0.15) is 0 Å². The van der Waals surface area contributed by atoms with Crippen molar-refractivity contribution >= 4 is 30.4 Å². The van der Waals surface area contributed by atoms with E-state index in [4.69, 9.17) is 0 Å². The molecule has 2 nitrogen and oxygen atoms in total. The summed E-state index contributed by atoms with van der Waals surface area (Å²) in [6.45, 7) is 0. The van der Waals surface area contributed by atoms with Gasteiger partial charge in [-0.2, -0.15) is 0 Å². The van der Waals surface area contributed by atoms with Gasteiger partial charge in [0, 0.05) is 11.4 Å². The molecule has 0 N–H and O–H groups in total. The summed E-state index contributed by atoms with van der Waals surface area (Å²) in [5, 5.41) is 13.2. The molecule has 2 aromatic carbocycles. The van der Waals surface area contributed by atoms with Crippen LogP contribution in [0.5, 0.6) is 0 Å². The Morgan fingerprint density at radius 2 is 1.55 bits per heavy atom. The Hall–Kier alpha value is -1.72. The van der Waals surface area contributed by atoms with E-state index in [-0.39, 0.29) is 20.7 Å². The van der Waals surface area contributed by atoms with Gasteiger partial charge in [0.05, 0.1) is 0 Å². The first-order chi connectivity index (χ1) is 9.84. The molecule has 0 atom stereocenters. The number of allylic oxidation sites excluding steroid dienone is 2. The van der Waals surface area contributed by atoms with Gasteiger partial charge >= 0.3 is 0 Å².